The minimum absolute atomic E-state index is 0.166. The summed E-state index contributed by atoms with van der Waals surface area (Å²) in [4.78, 5) is 0. The number of aliphatic hydroxyl groups is 8. The molecule has 30 heavy (non-hydrogen) atoms. The van der Waals surface area contributed by atoms with Gasteiger partial charge in [-0.3, -0.25) is 0 Å². The van der Waals surface area contributed by atoms with Gasteiger partial charge in [0.05, 0.1) is 31.5 Å². The lowest BCUT2D eigenvalue weighted by Crippen LogP contribution is -2.64. The fraction of sp³-hybridized carbons (Fsp3) is 1.00. The van der Waals surface area contributed by atoms with Gasteiger partial charge in [0.25, 0.3) is 0 Å². The van der Waals surface area contributed by atoms with Gasteiger partial charge in [-0.05, 0) is 6.92 Å². The van der Waals surface area contributed by atoms with Crippen molar-refractivity contribution in [2.24, 2.45) is 0 Å². The molecule has 0 amide bonds. The third kappa shape index (κ3) is 4.63. The zero-order valence-corrected chi connectivity index (χ0v) is 16.3. The maximum Gasteiger partial charge on any atom is 0.187 e. The minimum atomic E-state index is -1.65. The zero-order valence-electron chi connectivity index (χ0n) is 16.3. The van der Waals surface area contributed by atoms with E-state index in [0.717, 1.165) is 0 Å². The molecule has 13 atom stereocenters. The van der Waals surface area contributed by atoms with Crippen LogP contribution in [0.15, 0.2) is 0 Å². The second kappa shape index (κ2) is 9.95. The molecule has 0 aromatic heterocycles. The maximum atomic E-state index is 10.5. The van der Waals surface area contributed by atoms with Crippen molar-refractivity contribution in [3.8, 4) is 0 Å². The van der Waals surface area contributed by atoms with E-state index in [-0.39, 0.29) is 13.2 Å². The highest BCUT2D eigenvalue weighted by Gasteiger charge is 2.51. The summed E-state index contributed by atoms with van der Waals surface area (Å²) in [5, 5.41) is 82.5. The standard InChI is InChI=1S/C17H31NO12/c1-5-9(21)11(23)13(25)16(27-5)30-15-8(4-20)29-17(14(26)12(15)24)28-7-2-18-6(3-19)10(7)22/h5-26H,2-4H2,1H3/t5-,6-,7-,8-,9-,10-,11+,12-,13-,14-,15-,16+,17+/m1/s1. The fourth-order valence-electron chi connectivity index (χ4n) is 3.86. The van der Waals surface area contributed by atoms with Crippen LogP contribution >= 0.6 is 0 Å². The summed E-state index contributed by atoms with van der Waals surface area (Å²) in [6.07, 6.45) is -16.1. The number of ether oxygens (including phenoxy) is 4. The highest BCUT2D eigenvalue weighted by atomic mass is 16.7. The van der Waals surface area contributed by atoms with E-state index in [2.05, 4.69) is 5.32 Å². The minimum Gasteiger partial charge on any atom is -0.395 e. The van der Waals surface area contributed by atoms with E-state index in [1.54, 1.807) is 0 Å². The summed E-state index contributed by atoms with van der Waals surface area (Å²) in [5.41, 5.74) is 0. The third-order valence-corrected chi connectivity index (χ3v) is 5.80. The van der Waals surface area contributed by atoms with Crippen molar-refractivity contribution in [3.05, 3.63) is 0 Å². The highest BCUT2D eigenvalue weighted by molar-refractivity contribution is 4.96. The van der Waals surface area contributed by atoms with Gasteiger partial charge in [0, 0.05) is 6.54 Å². The summed E-state index contributed by atoms with van der Waals surface area (Å²) in [5.74, 6) is 0. The molecule has 9 N–H and O–H groups in total. The van der Waals surface area contributed by atoms with Gasteiger partial charge in [-0.1, -0.05) is 0 Å². The number of aliphatic hydroxyl groups excluding tert-OH is 8. The third-order valence-electron chi connectivity index (χ3n) is 5.80. The maximum absolute atomic E-state index is 10.5. The molecular weight excluding hydrogens is 410 g/mol. The molecular formula is C17H31NO12. The average Bonchev–Trinajstić information content (AvgIpc) is 3.08. The first-order chi connectivity index (χ1) is 14.2. The van der Waals surface area contributed by atoms with Crippen LogP contribution in [0.4, 0.5) is 0 Å². The summed E-state index contributed by atoms with van der Waals surface area (Å²) >= 11 is 0. The molecule has 0 spiro atoms. The number of nitrogens with one attached hydrogen (secondary N) is 1. The molecule has 0 aliphatic carbocycles. The molecule has 3 fully saturated rings. The summed E-state index contributed by atoms with van der Waals surface area (Å²) in [6.45, 7) is 0.643. The molecule has 3 aliphatic rings. The monoisotopic (exact) mass is 441 g/mol. The lowest BCUT2D eigenvalue weighted by molar-refractivity contribution is -0.361. The molecule has 3 aliphatic heterocycles. The van der Waals surface area contributed by atoms with Crippen LogP contribution in [0.2, 0.25) is 0 Å². The molecule has 3 saturated heterocycles. The van der Waals surface area contributed by atoms with E-state index >= 15 is 0 Å². The van der Waals surface area contributed by atoms with E-state index in [1.807, 2.05) is 0 Å². The van der Waals surface area contributed by atoms with Crippen LogP contribution in [-0.2, 0) is 18.9 Å². The first-order valence-electron chi connectivity index (χ1n) is 9.84. The van der Waals surface area contributed by atoms with Crippen molar-refractivity contribution in [3.63, 3.8) is 0 Å². The molecule has 13 nitrogen and oxygen atoms in total. The van der Waals surface area contributed by atoms with Gasteiger partial charge in [0.2, 0.25) is 0 Å². The molecule has 0 bridgehead atoms. The van der Waals surface area contributed by atoms with Gasteiger partial charge in [0.1, 0.15) is 48.8 Å². The number of hydrogen-bond acceptors (Lipinski definition) is 13. The van der Waals surface area contributed by atoms with E-state index in [4.69, 9.17) is 18.9 Å². The summed E-state index contributed by atoms with van der Waals surface area (Å²) in [6, 6.07) is -0.612. The lowest BCUT2D eigenvalue weighted by Gasteiger charge is -2.46. The lowest BCUT2D eigenvalue weighted by atomic mass is 9.97. The zero-order chi connectivity index (χ0) is 22.2. The van der Waals surface area contributed by atoms with E-state index < -0.39 is 86.3 Å². The highest BCUT2D eigenvalue weighted by Crippen LogP contribution is 2.30. The van der Waals surface area contributed by atoms with Crippen molar-refractivity contribution in [2.75, 3.05) is 19.8 Å². The quantitative estimate of drug-likeness (QED) is 0.188. The Labute approximate surface area is 172 Å². The van der Waals surface area contributed by atoms with Crippen molar-refractivity contribution in [1.29, 1.82) is 0 Å². The van der Waals surface area contributed by atoms with Crippen LogP contribution in [0, 0.1) is 0 Å². The predicted molar refractivity (Wildman–Crippen MR) is 94.7 cm³/mol. The number of hydrogen-bond donors (Lipinski definition) is 9. The first kappa shape index (κ1) is 24.1. The summed E-state index contributed by atoms with van der Waals surface area (Å²) < 4.78 is 21.9. The van der Waals surface area contributed by atoms with Gasteiger partial charge in [-0.2, -0.15) is 0 Å². The Balaban J connectivity index is 1.66. The molecule has 0 saturated carbocycles. The van der Waals surface area contributed by atoms with Gasteiger partial charge in [-0.15, -0.1) is 0 Å². The van der Waals surface area contributed by atoms with E-state index in [0.29, 0.717) is 0 Å². The first-order valence-corrected chi connectivity index (χ1v) is 9.84. The molecule has 0 aromatic carbocycles. The van der Waals surface area contributed by atoms with Gasteiger partial charge < -0.3 is 65.1 Å². The van der Waals surface area contributed by atoms with Crippen LogP contribution in [0.25, 0.3) is 0 Å². The van der Waals surface area contributed by atoms with Crippen LogP contribution in [0.3, 0.4) is 0 Å². The Hall–Kier alpha value is -0.520. The van der Waals surface area contributed by atoms with Gasteiger partial charge in [0.15, 0.2) is 12.6 Å². The number of rotatable bonds is 6. The van der Waals surface area contributed by atoms with Crippen LogP contribution in [0.1, 0.15) is 6.92 Å². The summed E-state index contributed by atoms with van der Waals surface area (Å²) in [7, 11) is 0. The smallest absolute Gasteiger partial charge is 0.187 e. The second-order valence-electron chi connectivity index (χ2n) is 7.85. The Morgan fingerprint density at radius 3 is 2.00 bits per heavy atom. The van der Waals surface area contributed by atoms with E-state index in [1.165, 1.54) is 6.92 Å². The molecule has 0 radical (unpaired) electrons. The average molecular weight is 441 g/mol. The molecule has 3 heterocycles. The van der Waals surface area contributed by atoms with Crippen LogP contribution < -0.4 is 5.32 Å². The van der Waals surface area contributed by atoms with Crippen molar-refractivity contribution < 1.29 is 59.8 Å². The largest absolute Gasteiger partial charge is 0.395 e. The fourth-order valence-corrected chi connectivity index (χ4v) is 3.86. The van der Waals surface area contributed by atoms with Crippen molar-refractivity contribution in [2.45, 2.75) is 86.6 Å². The molecule has 3 rings (SSSR count). The second-order valence-corrected chi connectivity index (χ2v) is 7.85. The molecule has 0 aromatic rings. The van der Waals surface area contributed by atoms with Crippen LogP contribution in [-0.4, -0.2) is 140 Å². The topological polar surface area (TPSA) is 211 Å². The Morgan fingerprint density at radius 1 is 0.767 bits per heavy atom. The SMILES string of the molecule is C[C@H]1O[C@@H](O[C@H]2[C@H](O)[C@@H](O)[C@@H](O[C@@H]3CN[C@H](CO)[C@H]3O)O[C@@H]2CO)[C@H](O)[C@@H](O)[C@@H]1O. The van der Waals surface area contributed by atoms with Crippen LogP contribution in [0.5, 0.6) is 0 Å². The van der Waals surface area contributed by atoms with E-state index in [9.17, 15) is 40.9 Å². The Kier molecular flexibility index (Phi) is 8.01. The Morgan fingerprint density at radius 2 is 1.40 bits per heavy atom. The van der Waals surface area contributed by atoms with Gasteiger partial charge >= 0.3 is 0 Å². The van der Waals surface area contributed by atoms with Crippen molar-refractivity contribution >= 4 is 0 Å². The van der Waals surface area contributed by atoms with Crippen molar-refractivity contribution in [1.82, 2.24) is 5.32 Å². The molecule has 176 valence electrons. The van der Waals surface area contributed by atoms with Gasteiger partial charge in [-0.25, -0.2) is 0 Å². The predicted octanol–water partition coefficient (Wildman–Crippen LogP) is -5.65. The Bertz CT molecular complexity index is 555. The molecule has 13 heteroatoms. The normalized spacial score (nSPS) is 52.5. The molecule has 0 unspecified atom stereocenters.